The molecule has 5 atom stereocenters. The van der Waals surface area contributed by atoms with Crippen LogP contribution in [0, 0.1) is 17.8 Å². The van der Waals surface area contributed by atoms with Crippen LogP contribution in [-0.2, 0) is 4.74 Å². The number of fused-ring (bicyclic) bond motifs is 1. The lowest BCUT2D eigenvalue weighted by atomic mass is 9.74. The van der Waals surface area contributed by atoms with E-state index in [1.165, 1.54) is 49.7 Å². The summed E-state index contributed by atoms with van der Waals surface area (Å²) in [6, 6.07) is 0. The molecule has 0 unspecified atom stereocenters. The van der Waals surface area contributed by atoms with Gasteiger partial charge in [0.25, 0.3) is 0 Å². The molecule has 0 aromatic carbocycles. The van der Waals surface area contributed by atoms with Gasteiger partial charge in [-0.25, -0.2) is 0 Å². The van der Waals surface area contributed by atoms with E-state index in [-0.39, 0.29) is 0 Å². The number of ether oxygens (including phenoxy) is 1. The first kappa shape index (κ1) is 16.8. The molecule has 0 aromatic heterocycles. The van der Waals surface area contributed by atoms with Crippen molar-refractivity contribution in [2.24, 2.45) is 17.8 Å². The van der Waals surface area contributed by atoms with Gasteiger partial charge in [0, 0.05) is 5.92 Å². The summed E-state index contributed by atoms with van der Waals surface area (Å²) in [5.74, 6) is 2.22. The lowest BCUT2D eigenvalue weighted by molar-refractivity contribution is -0.0906. The molecule has 0 aromatic rings. The summed E-state index contributed by atoms with van der Waals surface area (Å²) in [6.45, 7) is 13.5. The Morgan fingerprint density at radius 2 is 2.14 bits per heavy atom. The Kier molecular flexibility index (Phi) is 6.10. The van der Waals surface area contributed by atoms with Crippen LogP contribution in [-0.4, -0.2) is 12.2 Å². The highest BCUT2D eigenvalue weighted by atomic mass is 16.5. The Bertz CT molecular complexity index is 377. The van der Waals surface area contributed by atoms with Crippen molar-refractivity contribution in [3.8, 4) is 0 Å². The largest absolute Gasteiger partial charge is 0.374 e. The Morgan fingerprint density at radius 1 is 1.38 bits per heavy atom. The Labute approximate surface area is 131 Å². The second-order valence-corrected chi connectivity index (χ2v) is 7.88. The van der Waals surface area contributed by atoms with Gasteiger partial charge in [-0.15, -0.1) is 0 Å². The first-order valence-electron chi connectivity index (χ1n) is 8.92. The summed E-state index contributed by atoms with van der Waals surface area (Å²) in [5, 5.41) is 0. The lowest BCUT2D eigenvalue weighted by Crippen LogP contribution is -2.40. The third kappa shape index (κ3) is 4.98. The molecular formula is C20H34O. The zero-order valence-corrected chi connectivity index (χ0v) is 14.5. The highest BCUT2D eigenvalue weighted by molar-refractivity contribution is 5.10. The van der Waals surface area contributed by atoms with E-state index in [1.54, 1.807) is 0 Å². The van der Waals surface area contributed by atoms with Gasteiger partial charge < -0.3 is 4.74 Å². The van der Waals surface area contributed by atoms with E-state index < -0.39 is 0 Å². The van der Waals surface area contributed by atoms with E-state index in [1.807, 2.05) is 0 Å². The molecule has 1 saturated carbocycles. The van der Waals surface area contributed by atoms with Crippen LogP contribution in [0.25, 0.3) is 0 Å². The van der Waals surface area contributed by atoms with Crippen molar-refractivity contribution in [1.82, 2.24) is 0 Å². The number of hydrogen-bond acceptors (Lipinski definition) is 1. The summed E-state index contributed by atoms with van der Waals surface area (Å²) in [6.07, 6.45) is 11.9. The number of rotatable bonds is 5. The van der Waals surface area contributed by atoms with Gasteiger partial charge in [0.15, 0.2) is 0 Å². The molecule has 0 bridgehead atoms. The molecule has 0 spiro atoms. The fourth-order valence-electron chi connectivity index (χ4n) is 4.05. The van der Waals surface area contributed by atoms with E-state index in [2.05, 4.69) is 40.3 Å². The molecule has 120 valence electrons. The van der Waals surface area contributed by atoms with Crippen LogP contribution in [0.2, 0.25) is 0 Å². The van der Waals surface area contributed by atoms with Gasteiger partial charge in [0.2, 0.25) is 0 Å². The predicted octanol–water partition coefficient (Wildman–Crippen LogP) is 5.91. The fourth-order valence-corrected chi connectivity index (χ4v) is 4.05. The van der Waals surface area contributed by atoms with Crippen molar-refractivity contribution in [2.45, 2.75) is 84.8 Å². The van der Waals surface area contributed by atoms with Crippen LogP contribution in [0.15, 0.2) is 23.8 Å². The zero-order chi connectivity index (χ0) is 15.4. The lowest BCUT2D eigenvalue weighted by Gasteiger charge is -2.43. The third-order valence-electron chi connectivity index (χ3n) is 5.31. The third-order valence-corrected chi connectivity index (χ3v) is 5.31. The van der Waals surface area contributed by atoms with Crippen LogP contribution >= 0.6 is 0 Å². The smallest absolute Gasteiger partial charge is 0.0646 e. The van der Waals surface area contributed by atoms with E-state index in [4.69, 9.17) is 4.74 Å². The minimum absolute atomic E-state index is 0.422. The van der Waals surface area contributed by atoms with E-state index in [9.17, 15) is 0 Å². The number of allylic oxidation sites excluding steroid dienone is 2. The minimum Gasteiger partial charge on any atom is -0.374 e. The standard InChI is InChI=1S/C20H34O/c1-14(2)7-6-8-15(3)11-18-13-17(5)19-10-9-16(4)12-20(19)21-18/h7,15-16,18-20H,5-6,8-13H2,1-4H3/t15-,16+,18+,19-,20-/m1/s1. The van der Waals surface area contributed by atoms with Crippen molar-refractivity contribution in [1.29, 1.82) is 0 Å². The molecule has 1 heteroatoms. The van der Waals surface area contributed by atoms with Gasteiger partial charge in [-0.3, -0.25) is 0 Å². The Balaban J connectivity index is 1.81. The van der Waals surface area contributed by atoms with Crippen molar-refractivity contribution >= 4 is 0 Å². The van der Waals surface area contributed by atoms with Gasteiger partial charge in [0.1, 0.15) is 0 Å². The average molecular weight is 290 g/mol. The monoisotopic (exact) mass is 290 g/mol. The second-order valence-electron chi connectivity index (χ2n) is 7.88. The molecular weight excluding hydrogens is 256 g/mol. The van der Waals surface area contributed by atoms with Crippen LogP contribution in [0.5, 0.6) is 0 Å². The Morgan fingerprint density at radius 3 is 2.86 bits per heavy atom. The molecule has 0 N–H and O–H groups in total. The molecule has 1 nitrogen and oxygen atoms in total. The average Bonchev–Trinajstić information content (AvgIpc) is 2.37. The first-order valence-corrected chi connectivity index (χ1v) is 8.92. The summed E-state index contributed by atoms with van der Waals surface area (Å²) in [4.78, 5) is 0. The van der Waals surface area contributed by atoms with Gasteiger partial charge in [0.05, 0.1) is 12.2 Å². The highest BCUT2D eigenvalue weighted by Gasteiger charge is 2.37. The van der Waals surface area contributed by atoms with Gasteiger partial charge in [-0.1, -0.05) is 37.6 Å². The molecule has 21 heavy (non-hydrogen) atoms. The van der Waals surface area contributed by atoms with Crippen LogP contribution in [0.4, 0.5) is 0 Å². The second kappa shape index (κ2) is 7.63. The topological polar surface area (TPSA) is 9.23 Å². The summed E-state index contributed by atoms with van der Waals surface area (Å²) < 4.78 is 6.45. The maximum absolute atomic E-state index is 6.45. The maximum Gasteiger partial charge on any atom is 0.0646 e. The van der Waals surface area contributed by atoms with Crippen molar-refractivity contribution in [3.63, 3.8) is 0 Å². The van der Waals surface area contributed by atoms with Crippen LogP contribution in [0.1, 0.15) is 72.6 Å². The quantitative estimate of drug-likeness (QED) is 0.572. The van der Waals surface area contributed by atoms with Crippen molar-refractivity contribution < 1.29 is 4.74 Å². The van der Waals surface area contributed by atoms with E-state index in [0.29, 0.717) is 18.1 Å². The predicted molar refractivity (Wildman–Crippen MR) is 91.4 cm³/mol. The molecule has 2 rings (SSSR count). The summed E-state index contributed by atoms with van der Waals surface area (Å²) in [5.41, 5.74) is 2.91. The van der Waals surface area contributed by atoms with Gasteiger partial charge >= 0.3 is 0 Å². The van der Waals surface area contributed by atoms with Crippen molar-refractivity contribution in [3.05, 3.63) is 23.8 Å². The molecule has 0 radical (unpaired) electrons. The molecule has 1 heterocycles. The molecule has 1 aliphatic carbocycles. The summed E-state index contributed by atoms with van der Waals surface area (Å²) in [7, 11) is 0. The molecule has 1 saturated heterocycles. The Hall–Kier alpha value is -0.560. The molecule has 2 aliphatic rings. The fraction of sp³-hybridized carbons (Fsp3) is 0.800. The first-order chi connectivity index (χ1) is 9.95. The summed E-state index contributed by atoms with van der Waals surface area (Å²) >= 11 is 0. The molecule has 0 amide bonds. The van der Waals surface area contributed by atoms with Crippen molar-refractivity contribution in [2.75, 3.05) is 0 Å². The zero-order valence-electron chi connectivity index (χ0n) is 14.5. The van der Waals surface area contributed by atoms with Gasteiger partial charge in [-0.2, -0.15) is 0 Å². The minimum atomic E-state index is 0.422. The van der Waals surface area contributed by atoms with E-state index in [0.717, 1.165) is 18.3 Å². The van der Waals surface area contributed by atoms with E-state index >= 15 is 0 Å². The van der Waals surface area contributed by atoms with Crippen LogP contribution < -0.4 is 0 Å². The number of hydrogen-bond donors (Lipinski definition) is 0. The SMILES string of the molecule is C=C1C[C@H](C[C@H](C)CCC=C(C)C)O[C@@H]2C[C@@H](C)CC[C@H]12. The highest BCUT2D eigenvalue weighted by Crippen LogP contribution is 2.41. The molecule has 2 fully saturated rings. The van der Waals surface area contributed by atoms with Gasteiger partial charge in [-0.05, 0) is 70.6 Å². The normalized spacial score (nSPS) is 34.2. The molecule has 1 aliphatic heterocycles. The maximum atomic E-state index is 6.45. The van der Waals surface area contributed by atoms with Crippen LogP contribution in [0.3, 0.4) is 0 Å².